The zero-order valence-corrected chi connectivity index (χ0v) is 17.8. The first-order valence-corrected chi connectivity index (χ1v) is 12.0. The Balaban J connectivity index is 1.63. The highest BCUT2D eigenvalue weighted by atomic mass is 35.5. The molecule has 2 saturated heterocycles. The molecular weight excluding hydrogens is 410 g/mol. The molecule has 2 N–H and O–H groups in total. The molecule has 3 amide bonds. The molecule has 154 valence electrons. The molecule has 8 heteroatoms. The standard InChI is InChI=1S/C21H24ClN3O3S/c1-29-10-9-14-15-16(19(27)25(18(15)26)11-5-2-3-6-11)21(24-14)12-7-4-8-13(22)17(12)23-20(21)28/h4,7-8,11,14-16,24H,2-3,5-6,9-10H2,1H3,(H,23,28)/t14-,15+,16+,21-/m0/s1. The SMILES string of the molecule is CSCC[C@@H]1N[C@]2(C(=O)Nc3c(Cl)cccc32)[C@H]2C(=O)N(C3CCCC3)C(=O)[C@H]12. The quantitative estimate of drug-likeness (QED) is 0.714. The number of carbonyl (C=O) groups is 3. The summed E-state index contributed by atoms with van der Waals surface area (Å²) >= 11 is 8.05. The molecule has 0 radical (unpaired) electrons. The molecule has 1 spiro atoms. The number of amides is 3. The third kappa shape index (κ3) is 2.56. The number of rotatable bonds is 4. The van der Waals surface area contributed by atoms with Gasteiger partial charge in [-0.3, -0.25) is 24.6 Å². The lowest BCUT2D eigenvalue weighted by atomic mass is 9.76. The number of hydrogen-bond donors (Lipinski definition) is 2. The zero-order valence-electron chi connectivity index (χ0n) is 16.2. The fourth-order valence-corrected chi connectivity index (χ4v) is 6.54. The first-order valence-electron chi connectivity index (χ1n) is 10.2. The number of benzene rings is 1. The van der Waals surface area contributed by atoms with Crippen molar-refractivity contribution in [3.05, 3.63) is 28.8 Å². The summed E-state index contributed by atoms with van der Waals surface area (Å²) in [5.41, 5.74) is 0.00946. The Morgan fingerprint density at radius 3 is 2.69 bits per heavy atom. The Morgan fingerprint density at radius 2 is 1.97 bits per heavy atom. The van der Waals surface area contributed by atoms with Crippen molar-refractivity contribution >= 4 is 46.8 Å². The van der Waals surface area contributed by atoms with Gasteiger partial charge in [0.25, 0.3) is 0 Å². The second-order valence-corrected chi connectivity index (χ2v) is 9.84. The average molecular weight is 434 g/mol. The molecule has 29 heavy (non-hydrogen) atoms. The molecule has 1 aromatic carbocycles. The lowest BCUT2D eigenvalue weighted by Gasteiger charge is -2.31. The molecule has 5 rings (SSSR count). The van der Waals surface area contributed by atoms with E-state index >= 15 is 0 Å². The Kier molecular flexibility index (Phi) is 4.68. The Labute approximate surface area is 179 Å². The largest absolute Gasteiger partial charge is 0.323 e. The second-order valence-electron chi connectivity index (χ2n) is 8.45. The van der Waals surface area contributed by atoms with Crippen LogP contribution in [0, 0.1) is 11.8 Å². The summed E-state index contributed by atoms with van der Waals surface area (Å²) in [7, 11) is 0. The number of likely N-dealkylation sites (tertiary alicyclic amines) is 1. The molecule has 0 unspecified atom stereocenters. The third-order valence-electron chi connectivity index (χ3n) is 7.06. The van der Waals surface area contributed by atoms with Crippen LogP contribution in [0.3, 0.4) is 0 Å². The summed E-state index contributed by atoms with van der Waals surface area (Å²) < 4.78 is 0. The maximum atomic E-state index is 13.7. The maximum Gasteiger partial charge on any atom is 0.250 e. The summed E-state index contributed by atoms with van der Waals surface area (Å²) in [6.07, 6.45) is 6.55. The normalized spacial score (nSPS) is 33.7. The van der Waals surface area contributed by atoms with Gasteiger partial charge < -0.3 is 5.32 Å². The van der Waals surface area contributed by atoms with Gasteiger partial charge in [0, 0.05) is 17.6 Å². The van der Waals surface area contributed by atoms with Crippen molar-refractivity contribution in [3.8, 4) is 0 Å². The molecule has 4 aliphatic rings. The molecular formula is C21H24ClN3O3S. The van der Waals surface area contributed by atoms with Crippen molar-refractivity contribution in [3.63, 3.8) is 0 Å². The highest BCUT2D eigenvalue weighted by Crippen LogP contribution is 2.55. The number of carbonyl (C=O) groups excluding carboxylic acids is 3. The molecule has 3 aliphatic heterocycles. The predicted molar refractivity (Wildman–Crippen MR) is 113 cm³/mol. The number of nitrogens with one attached hydrogen (secondary N) is 2. The van der Waals surface area contributed by atoms with Crippen LogP contribution in [0.15, 0.2) is 18.2 Å². The van der Waals surface area contributed by atoms with Gasteiger partial charge in [0.2, 0.25) is 17.7 Å². The van der Waals surface area contributed by atoms with Crippen LogP contribution < -0.4 is 10.6 Å². The van der Waals surface area contributed by atoms with E-state index in [1.807, 2.05) is 12.3 Å². The summed E-state index contributed by atoms with van der Waals surface area (Å²) in [6.45, 7) is 0. The molecule has 3 heterocycles. The third-order valence-corrected chi connectivity index (χ3v) is 8.02. The number of thioether (sulfide) groups is 1. The van der Waals surface area contributed by atoms with E-state index in [9.17, 15) is 14.4 Å². The van der Waals surface area contributed by atoms with Gasteiger partial charge in [-0.25, -0.2) is 0 Å². The minimum atomic E-state index is -1.23. The van der Waals surface area contributed by atoms with E-state index in [0.717, 1.165) is 37.9 Å². The molecule has 1 saturated carbocycles. The monoisotopic (exact) mass is 433 g/mol. The van der Waals surface area contributed by atoms with Gasteiger partial charge in [0.15, 0.2) is 0 Å². The number of halogens is 1. The van der Waals surface area contributed by atoms with Gasteiger partial charge in [0.1, 0.15) is 5.54 Å². The van der Waals surface area contributed by atoms with Crippen molar-refractivity contribution in [1.29, 1.82) is 0 Å². The number of fused-ring (bicyclic) bond motifs is 4. The van der Waals surface area contributed by atoms with E-state index in [-0.39, 0.29) is 29.8 Å². The van der Waals surface area contributed by atoms with Crippen LogP contribution in [-0.2, 0) is 19.9 Å². The minimum absolute atomic E-state index is 0.0258. The molecule has 4 atom stereocenters. The van der Waals surface area contributed by atoms with E-state index in [1.54, 1.807) is 23.9 Å². The summed E-state index contributed by atoms with van der Waals surface area (Å²) in [4.78, 5) is 42.0. The molecule has 0 aromatic heterocycles. The summed E-state index contributed by atoms with van der Waals surface area (Å²) in [5.74, 6) is -0.962. The Morgan fingerprint density at radius 1 is 1.21 bits per heavy atom. The number of imide groups is 1. The molecule has 1 aromatic rings. The van der Waals surface area contributed by atoms with Crippen LogP contribution in [0.4, 0.5) is 5.69 Å². The molecule has 1 aliphatic carbocycles. The van der Waals surface area contributed by atoms with Crippen LogP contribution in [0.5, 0.6) is 0 Å². The number of nitrogens with zero attached hydrogens (tertiary/aromatic N) is 1. The van der Waals surface area contributed by atoms with Crippen molar-refractivity contribution in [2.45, 2.75) is 49.7 Å². The van der Waals surface area contributed by atoms with Crippen LogP contribution in [-0.4, -0.2) is 46.7 Å². The highest BCUT2D eigenvalue weighted by Gasteiger charge is 2.70. The van der Waals surface area contributed by atoms with Gasteiger partial charge in [-0.15, -0.1) is 0 Å². The number of hydrogen-bond acceptors (Lipinski definition) is 5. The average Bonchev–Trinajstić information content (AvgIpc) is 3.44. The van der Waals surface area contributed by atoms with Gasteiger partial charge in [-0.05, 0) is 37.3 Å². The van der Waals surface area contributed by atoms with Crippen LogP contribution in [0.1, 0.15) is 37.7 Å². The minimum Gasteiger partial charge on any atom is -0.323 e. The second kappa shape index (κ2) is 7.00. The van der Waals surface area contributed by atoms with E-state index < -0.39 is 17.4 Å². The first-order chi connectivity index (χ1) is 14.0. The van der Waals surface area contributed by atoms with Gasteiger partial charge in [-0.1, -0.05) is 36.6 Å². The highest BCUT2D eigenvalue weighted by molar-refractivity contribution is 7.98. The van der Waals surface area contributed by atoms with Crippen molar-refractivity contribution in [2.75, 3.05) is 17.3 Å². The maximum absolute atomic E-state index is 13.7. The lowest BCUT2D eigenvalue weighted by molar-refractivity contribution is -0.145. The molecule has 6 nitrogen and oxygen atoms in total. The van der Waals surface area contributed by atoms with Crippen molar-refractivity contribution in [2.24, 2.45) is 11.8 Å². The zero-order chi connectivity index (χ0) is 20.3. The lowest BCUT2D eigenvalue weighted by Crippen LogP contribution is -2.54. The van der Waals surface area contributed by atoms with Crippen LogP contribution in [0.25, 0.3) is 0 Å². The fourth-order valence-electron chi connectivity index (χ4n) is 5.83. The van der Waals surface area contributed by atoms with Crippen molar-refractivity contribution < 1.29 is 14.4 Å². The summed E-state index contributed by atoms with van der Waals surface area (Å²) in [5, 5.41) is 6.79. The molecule has 0 bridgehead atoms. The van der Waals surface area contributed by atoms with E-state index in [4.69, 9.17) is 11.6 Å². The molecule has 3 fully saturated rings. The smallest absolute Gasteiger partial charge is 0.250 e. The van der Waals surface area contributed by atoms with Gasteiger partial charge in [0.05, 0.1) is 22.5 Å². The fraction of sp³-hybridized carbons (Fsp3) is 0.571. The van der Waals surface area contributed by atoms with E-state index in [0.29, 0.717) is 16.3 Å². The Hall–Kier alpha value is -1.57. The predicted octanol–water partition coefficient (Wildman–Crippen LogP) is 2.76. The van der Waals surface area contributed by atoms with Gasteiger partial charge >= 0.3 is 0 Å². The first kappa shape index (κ1) is 19.4. The number of para-hydroxylation sites is 1. The Bertz CT molecular complexity index is 903. The van der Waals surface area contributed by atoms with E-state index in [2.05, 4.69) is 10.6 Å². The van der Waals surface area contributed by atoms with Gasteiger partial charge in [-0.2, -0.15) is 11.8 Å². The van der Waals surface area contributed by atoms with Crippen molar-refractivity contribution in [1.82, 2.24) is 10.2 Å². The van der Waals surface area contributed by atoms with Crippen LogP contribution in [0.2, 0.25) is 5.02 Å². The topological polar surface area (TPSA) is 78.5 Å². The number of anilines is 1. The van der Waals surface area contributed by atoms with E-state index in [1.165, 1.54) is 4.90 Å². The van der Waals surface area contributed by atoms with Crippen LogP contribution >= 0.6 is 23.4 Å². The summed E-state index contributed by atoms with van der Waals surface area (Å²) in [6, 6.07) is 5.12.